The van der Waals surface area contributed by atoms with Crippen LogP contribution in [0.2, 0.25) is 0 Å². The molecule has 0 amide bonds. The third-order valence-electron chi connectivity index (χ3n) is 2.53. The van der Waals surface area contributed by atoms with Gasteiger partial charge in [0.05, 0.1) is 5.69 Å². The van der Waals surface area contributed by atoms with Crippen LogP contribution >= 0.6 is 0 Å². The number of nitriles is 1. The van der Waals surface area contributed by atoms with Crippen molar-refractivity contribution in [3.8, 4) is 23.1 Å². The highest BCUT2D eigenvalue weighted by Crippen LogP contribution is 2.13. The average molecular weight is 248 g/mol. The first-order valence-electron chi connectivity index (χ1n) is 5.59. The Morgan fingerprint density at radius 2 is 1.95 bits per heavy atom. The molecule has 2 aromatic heterocycles. The van der Waals surface area contributed by atoms with E-state index < -0.39 is 0 Å². The van der Waals surface area contributed by atoms with Crippen molar-refractivity contribution in [1.29, 1.82) is 5.26 Å². The SMILES string of the molecule is N#Cc1cc(-n2nnc(-c3ccccc3)n2)ccn1. The summed E-state index contributed by atoms with van der Waals surface area (Å²) in [7, 11) is 0. The lowest BCUT2D eigenvalue weighted by Gasteiger charge is -1.97. The van der Waals surface area contributed by atoms with Gasteiger partial charge in [-0.15, -0.1) is 15.0 Å². The highest BCUT2D eigenvalue weighted by molar-refractivity contribution is 5.53. The van der Waals surface area contributed by atoms with Crippen molar-refractivity contribution >= 4 is 0 Å². The second-order valence-electron chi connectivity index (χ2n) is 3.78. The third-order valence-corrected chi connectivity index (χ3v) is 2.53. The van der Waals surface area contributed by atoms with E-state index in [0.717, 1.165) is 5.56 Å². The van der Waals surface area contributed by atoms with Crippen molar-refractivity contribution in [2.45, 2.75) is 0 Å². The van der Waals surface area contributed by atoms with Crippen LogP contribution in [0.15, 0.2) is 48.7 Å². The van der Waals surface area contributed by atoms with Gasteiger partial charge in [-0.1, -0.05) is 30.3 Å². The maximum absolute atomic E-state index is 8.81. The Balaban J connectivity index is 2.00. The van der Waals surface area contributed by atoms with E-state index in [0.29, 0.717) is 17.2 Å². The van der Waals surface area contributed by atoms with E-state index >= 15 is 0 Å². The Morgan fingerprint density at radius 1 is 1.11 bits per heavy atom. The quantitative estimate of drug-likeness (QED) is 0.688. The number of hydrogen-bond donors (Lipinski definition) is 0. The van der Waals surface area contributed by atoms with Gasteiger partial charge in [0, 0.05) is 17.8 Å². The molecule has 2 heterocycles. The van der Waals surface area contributed by atoms with Crippen LogP contribution in [-0.2, 0) is 0 Å². The molecule has 0 aliphatic heterocycles. The van der Waals surface area contributed by atoms with Crippen molar-refractivity contribution in [1.82, 2.24) is 25.2 Å². The minimum atomic E-state index is 0.316. The zero-order chi connectivity index (χ0) is 13.1. The number of benzene rings is 1. The van der Waals surface area contributed by atoms with Gasteiger partial charge in [0.1, 0.15) is 11.8 Å². The number of rotatable bonds is 2. The largest absolute Gasteiger partial charge is 0.245 e. The minimum Gasteiger partial charge on any atom is -0.245 e. The Kier molecular flexibility index (Phi) is 2.71. The van der Waals surface area contributed by atoms with E-state index in [4.69, 9.17) is 5.26 Å². The first-order valence-corrected chi connectivity index (χ1v) is 5.59. The molecule has 3 rings (SSSR count). The van der Waals surface area contributed by atoms with Crippen molar-refractivity contribution in [3.63, 3.8) is 0 Å². The molecule has 0 saturated heterocycles. The molecule has 19 heavy (non-hydrogen) atoms. The Morgan fingerprint density at radius 3 is 2.74 bits per heavy atom. The van der Waals surface area contributed by atoms with Crippen molar-refractivity contribution < 1.29 is 0 Å². The lowest BCUT2D eigenvalue weighted by Crippen LogP contribution is -2.00. The normalized spacial score (nSPS) is 10.1. The molecule has 0 atom stereocenters. The highest BCUT2D eigenvalue weighted by Gasteiger charge is 2.07. The van der Waals surface area contributed by atoms with Crippen molar-refractivity contribution in [3.05, 3.63) is 54.4 Å². The maximum atomic E-state index is 8.81. The van der Waals surface area contributed by atoms with Crippen LogP contribution in [-0.4, -0.2) is 25.2 Å². The van der Waals surface area contributed by atoms with E-state index in [1.165, 1.54) is 4.80 Å². The van der Waals surface area contributed by atoms with Gasteiger partial charge < -0.3 is 0 Å². The fourth-order valence-electron chi connectivity index (χ4n) is 1.63. The molecule has 90 valence electrons. The molecule has 0 aliphatic rings. The van der Waals surface area contributed by atoms with Gasteiger partial charge in [-0.25, -0.2) is 4.98 Å². The lowest BCUT2D eigenvalue weighted by atomic mass is 10.2. The van der Waals surface area contributed by atoms with Gasteiger partial charge in [-0.2, -0.15) is 5.26 Å². The van der Waals surface area contributed by atoms with Gasteiger partial charge in [0.2, 0.25) is 5.82 Å². The van der Waals surface area contributed by atoms with E-state index in [1.807, 2.05) is 36.4 Å². The van der Waals surface area contributed by atoms with Crippen LogP contribution < -0.4 is 0 Å². The molecular formula is C13H8N6. The summed E-state index contributed by atoms with van der Waals surface area (Å²) in [5.41, 5.74) is 1.86. The van der Waals surface area contributed by atoms with Gasteiger partial charge in [0.25, 0.3) is 0 Å². The fraction of sp³-hybridized carbons (Fsp3) is 0. The molecule has 0 saturated carbocycles. The summed E-state index contributed by atoms with van der Waals surface area (Å²) < 4.78 is 0. The highest BCUT2D eigenvalue weighted by atomic mass is 15.6. The molecule has 6 heteroatoms. The van der Waals surface area contributed by atoms with Gasteiger partial charge in [-0.05, 0) is 11.3 Å². The monoisotopic (exact) mass is 248 g/mol. The van der Waals surface area contributed by atoms with Gasteiger partial charge >= 0.3 is 0 Å². The molecular weight excluding hydrogens is 240 g/mol. The number of nitrogens with zero attached hydrogens (tertiary/aromatic N) is 6. The van der Waals surface area contributed by atoms with Crippen LogP contribution in [0, 0.1) is 11.3 Å². The molecule has 0 aliphatic carbocycles. The topological polar surface area (TPSA) is 80.3 Å². The zero-order valence-corrected chi connectivity index (χ0v) is 9.80. The summed E-state index contributed by atoms with van der Waals surface area (Å²) in [6.07, 6.45) is 1.54. The predicted molar refractivity (Wildman–Crippen MR) is 67.1 cm³/mol. The number of aromatic nitrogens is 5. The van der Waals surface area contributed by atoms with Gasteiger partial charge in [-0.3, -0.25) is 0 Å². The summed E-state index contributed by atoms with van der Waals surface area (Å²) in [5.74, 6) is 0.538. The summed E-state index contributed by atoms with van der Waals surface area (Å²) in [4.78, 5) is 5.28. The molecule has 0 radical (unpaired) electrons. The Hall–Kier alpha value is -3.07. The molecule has 3 aromatic rings. The molecule has 1 aromatic carbocycles. The van der Waals surface area contributed by atoms with Crippen LogP contribution in [0.1, 0.15) is 5.69 Å². The van der Waals surface area contributed by atoms with Gasteiger partial charge in [0.15, 0.2) is 0 Å². The lowest BCUT2D eigenvalue weighted by molar-refractivity contribution is 0.718. The van der Waals surface area contributed by atoms with Crippen molar-refractivity contribution in [2.24, 2.45) is 0 Å². The minimum absolute atomic E-state index is 0.316. The number of pyridine rings is 1. The summed E-state index contributed by atoms with van der Waals surface area (Å²) in [6.45, 7) is 0. The van der Waals surface area contributed by atoms with E-state index in [2.05, 4.69) is 20.4 Å². The van der Waals surface area contributed by atoms with E-state index in [-0.39, 0.29) is 0 Å². The third kappa shape index (κ3) is 2.17. The maximum Gasteiger partial charge on any atom is 0.205 e. The number of hydrogen-bond acceptors (Lipinski definition) is 5. The molecule has 0 bridgehead atoms. The van der Waals surface area contributed by atoms with Crippen LogP contribution in [0.25, 0.3) is 17.1 Å². The van der Waals surface area contributed by atoms with Crippen LogP contribution in [0.4, 0.5) is 0 Å². The van der Waals surface area contributed by atoms with Crippen molar-refractivity contribution in [2.75, 3.05) is 0 Å². The smallest absolute Gasteiger partial charge is 0.205 e. The van der Waals surface area contributed by atoms with Crippen LogP contribution in [0.5, 0.6) is 0 Å². The summed E-state index contributed by atoms with van der Waals surface area (Å²) in [5, 5.41) is 21.1. The first-order chi connectivity index (χ1) is 9.36. The van der Waals surface area contributed by atoms with Crippen LogP contribution in [0.3, 0.4) is 0 Å². The summed E-state index contributed by atoms with van der Waals surface area (Å²) >= 11 is 0. The Labute approximate surface area is 109 Å². The predicted octanol–water partition coefficient (Wildman–Crippen LogP) is 1.60. The van der Waals surface area contributed by atoms with E-state index in [9.17, 15) is 0 Å². The zero-order valence-electron chi connectivity index (χ0n) is 9.80. The second-order valence-corrected chi connectivity index (χ2v) is 3.78. The van der Waals surface area contributed by atoms with E-state index in [1.54, 1.807) is 18.3 Å². The molecule has 6 nitrogen and oxygen atoms in total. The second kappa shape index (κ2) is 4.66. The molecule has 0 unspecified atom stereocenters. The first kappa shape index (κ1) is 11.0. The molecule has 0 fully saturated rings. The molecule has 0 N–H and O–H groups in total. The summed E-state index contributed by atoms with van der Waals surface area (Å²) in [6, 6.07) is 14.9. The fourth-order valence-corrected chi connectivity index (χ4v) is 1.63. The average Bonchev–Trinajstić information content (AvgIpc) is 2.98. The standard InChI is InChI=1S/C13H8N6/c14-9-11-8-12(6-7-15-11)19-17-13(16-18-19)10-4-2-1-3-5-10/h1-8H. The number of tetrazole rings is 1. The molecule has 0 spiro atoms. The Bertz CT molecular complexity index is 741.